The van der Waals surface area contributed by atoms with Crippen molar-refractivity contribution in [2.75, 3.05) is 13.2 Å². The molecule has 12 nitrogen and oxygen atoms in total. The highest BCUT2D eigenvalue weighted by Crippen LogP contribution is 2.43. The molecule has 4 rings (SSSR count). The highest BCUT2D eigenvalue weighted by atomic mass is 16.7. The summed E-state index contributed by atoms with van der Waals surface area (Å²) in [6.45, 7) is 3.98. The van der Waals surface area contributed by atoms with Gasteiger partial charge < -0.3 is 48.9 Å². The van der Waals surface area contributed by atoms with E-state index in [0.717, 1.165) is 0 Å². The molecular formula is C25H26O12. The zero-order valence-corrected chi connectivity index (χ0v) is 19.9. The maximum absolute atomic E-state index is 12.9. The van der Waals surface area contributed by atoms with Crippen molar-refractivity contribution in [1.82, 2.24) is 0 Å². The first kappa shape index (κ1) is 26.2. The molecule has 0 aliphatic carbocycles. The first-order chi connectivity index (χ1) is 17.7. The van der Waals surface area contributed by atoms with Gasteiger partial charge >= 0.3 is 5.97 Å². The van der Waals surface area contributed by atoms with E-state index >= 15 is 0 Å². The molecule has 0 spiro atoms. The van der Waals surface area contributed by atoms with E-state index in [0.29, 0.717) is 17.9 Å². The van der Waals surface area contributed by atoms with Crippen LogP contribution in [0.4, 0.5) is 0 Å². The molecule has 12 heteroatoms. The Hall–Kier alpha value is -3.84. The largest absolute Gasteiger partial charge is 0.504 e. The van der Waals surface area contributed by atoms with Crippen LogP contribution in [0.2, 0.25) is 0 Å². The van der Waals surface area contributed by atoms with E-state index in [-0.39, 0.29) is 34.8 Å². The number of carboxylic acids is 1. The molecular weight excluding hydrogens is 492 g/mol. The van der Waals surface area contributed by atoms with E-state index in [1.54, 1.807) is 31.2 Å². The minimum Gasteiger partial charge on any atom is -0.504 e. The molecule has 198 valence electrons. The first-order valence-corrected chi connectivity index (χ1v) is 11.4. The highest BCUT2D eigenvalue weighted by Gasteiger charge is 2.48. The summed E-state index contributed by atoms with van der Waals surface area (Å²) in [5.41, 5.74) is -0.132. The fourth-order valence-corrected chi connectivity index (χ4v) is 3.93. The molecule has 0 bridgehead atoms. The van der Waals surface area contributed by atoms with E-state index in [4.69, 9.17) is 23.4 Å². The van der Waals surface area contributed by atoms with Gasteiger partial charge in [-0.05, 0) is 38.1 Å². The summed E-state index contributed by atoms with van der Waals surface area (Å²) in [6.07, 6.45) is -9.37. The van der Waals surface area contributed by atoms with E-state index in [9.17, 15) is 35.1 Å². The summed E-state index contributed by atoms with van der Waals surface area (Å²) in [5, 5.41) is 50.3. The SMILES string of the molecule is CCOc1ccc(-c2cc(=O)c3c(O)c(OCC)c(O[C@@H]4O[C@H](C(=O)O)[C@@H](O)[C@H](O)[C@H]4O)cc3o2)cc1. The van der Waals surface area contributed by atoms with Gasteiger partial charge in [-0.2, -0.15) is 0 Å². The molecule has 0 amide bonds. The lowest BCUT2D eigenvalue weighted by atomic mass is 9.99. The maximum atomic E-state index is 12.9. The van der Waals surface area contributed by atoms with Gasteiger partial charge in [0.15, 0.2) is 23.0 Å². The number of hydrogen-bond donors (Lipinski definition) is 5. The lowest BCUT2D eigenvalue weighted by Crippen LogP contribution is -2.61. The van der Waals surface area contributed by atoms with Gasteiger partial charge in [0.1, 0.15) is 40.8 Å². The van der Waals surface area contributed by atoms with Crippen molar-refractivity contribution < 1.29 is 53.7 Å². The lowest BCUT2D eigenvalue weighted by molar-refractivity contribution is -0.271. The molecule has 37 heavy (non-hydrogen) atoms. The van der Waals surface area contributed by atoms with Crippen LogP contribution in [0.3, 0.4) is 0 Å². The molecule has 1 aliphatic heterocycles. The van der Waals surface area contributed by atoms with Gasteiger partial charge in [0.25, 0.3) is 0 Å². The first-order valence-electron chi connectivity index (χ1n) is 11.4. The number of hydrogen-bond acceptors (Lipinski definition) is 11. The van der Waals surface area contributed by atoms with Crippen LogP contribution in [0.5, 0.6) is 23.0 Å². The number of aliphatic hydroxyl groups is 3. The normalized spacial score (nSPS) is 23.5. The van der Waals surface area contributed by atoms with Crippen molar-refractivity contribution in [2.24, 2.45) is 0 Å². The Morgan fingerprint density at radius 2 is 1.65 bits per heavy atom. The topological polar surface area (TPSA) is 185 Å². The Morgan fingerprint density at radius 1 is 0.973 bits per heavy atom. The Bertz CT molecular complexity index is 1330. The number of carbonyl (C=O) groups is 1. The van der Waals surface area contributed by atoms with Crippen LogP contribution in [-0.2, 0) is 9.53 Å². The maximum Gasteiger partial charge on any atom is 0.335 e. The molecule has 2 aromatic carbocycles. The van der Waals surface area contributed by atoms with Crippen molar-refractivity contribution in [2.45, 2.75) is 44.6 Å². The predicted octanol–water partition coefficient (Wildman–Crippen LogP) is 1.23. The number of phenols is 1. The summed E-state index contributed by atoms with van der Waals surface area (Å²) >= 11 is 0. The van der Waals surface area contributed by atoms with Crippen molar-refractivity contribution in [3.63, 3.8) is 0 Å². The third-order valence-corrected chi connectivity index (χ3v) is 5.71. The molecule has 1 saturated heterocycles. The Labute approximate surface area is 209 Å². The van der Waals surface area contributed by atoms with Gasteiger partial charge in [-0.1, -0.05) is 0 Å². The molecule has 0 saturated carbocycles. The lowest BCUT2D eigenvalue weighted by Gasteiger charge is -2.38. The van der Waals surface area contributed by atoms with Crippen molar-refractivity contribution in [3.8, 4) is 34.3 Å². The minimum absolute atomic E-state index is 0.0399. The number of aliphatic carboxylic acids is 1. The van der Waals surface area contributed by atoms with E-state index < -0.39 is 47.9 Å². The third kappa shape index (κ3) is 5.04. The average molecular weight is 518 g/mol. The third-order valence-electron chi connectivity index (χ3n) is 5.71. The Morgan fingerprint density at radius 3 is 2.27 bits per heavy atom. The quantitative estimate of drug-likeness (QED) is 0.288. The number of rotatable bonds is 8. The van der Waals surface area contributed by atoms with Gasteiger partial charge in [0.05, 0.1) is 13.2 Å². The van der Waals surface area contributed by atoms with Crippen molar-refractivity contribution >= 4 is 16.9 Å². The molecule has 5 N–H and O–H groups in total. The monoisotopic (exact) mass is 518 g/mol. The zero-order valence-electron chi connectivity index (χ0n) is 19.9. The molecule has 1 aromatic heterocycles. The summed E-state index contributed by atoms with van der Waals surface area (Å²) in [4.78, 5) is 24.4. The fourth-order valence-electron chi connectivity index (χ4n) is 3.93. The molecule has 1 aliphatic rings. The van der Waals surface area contributed by atoms with Crippen molar-refractivity contribution in [3.05, 3.63) is 46.6 Å². The summed E-state index contributed by atoms with van der Waals surface area (Å²) in [5.74, 6) is -1.96. The van der Waals surface area contributed by atoms with Gasteiger partial charge in [0, 0.05) is 17.7 Å². The molecule has 0 radical (unpaired) electrons. The molecule has 1 fully saturated rings. The Kier molecular flexibility index (Phi) is 7.55. The smallest absolute Gasteiger partial charge is 0.335 e. The van der Waals surface area contributed by atoms with Crippen LogP contribution in [0.15, 0.2) is 45.6 Å². The highest BCUT2D eigenvalue weighted by molar-refractivity contribution is 5.89. The zero-order chi connectivity index (χ0) is 26.9. The number of ether oxygens (including phenoxy) is 4. The van der Waals surface area contributed by atoms with Gasteiger partial charge in [-0.25, -0.2) is 4.79 Å². The number of benzene rings is 2. The van der Waals surface area contributed by atoms with Crippen LogP contribution in [-0.4, -0.2) is 75.4 Å². The fraction of sp³-hybridized carbons (Fsp3) is 0.360. The number of phenolic OH excluding ortho intramolecular Hbond substituents is 1. The van der Waals surface area contributed by atoms with E-state index in [1.807, 2.05) is 6.92 Å². The number of fused-ring (bicyclic) bond motifs is 1. The minimum atomic E-state index is -1.92. The predicted molar refractivity (Wildman–Crippen MR) is 127 cm³/mol. The van der Waals surface area contributed by atoms with Crippen LogP contribution in [0.1, 0.15) is 13.8 Å². The second-order valence-electron chi connectivity index (χ2n) is 8.14. The van der Waals surface area contributed by atoms with Crippen molar-refractivity contribution in [1.29, 1.82) is 0 Å². The number of carboxylic acid groups (broad SMARTS) is 1. The van der Waals surface area contributed by atoms with Gasteiger partial charge in [-0.15, -0.1) is 0 Å². The average Bonchev–Trinajstić information content (AvgIpc) is 2.86. The molecule has 5 atom stereocenters. The summed E-state index contributed by atoms with van der Waals surface area (Å²) in [6, 6.07) is 9.19. The standard InChI is InChI=1S/C25H26O12/c1-3-33-12-7-5-11(6-8-12)14-9-13(26)17-15(35-14)10-16(22(18(17)27)34-4-2)36-25-21(30)19(28)20(29)23(37-25)24(31)32/h5-10,19-21,23,25,27-30H,3-4H2,1-2H3,(H,31,32)/t19-,20-,21+,23-,25+/m0/s1. The Balaban J connectivity index is 1.78. The van der Waals surface area contributed by atoms with Crippen LogP contribution in [0.25, 0.3) is 22.3 Å². The summed E-state index contributed by atoms with van der Waals surface area (Å²) in [7, 11) is 0. The van der Waals surface area contributed by atoms with Crippen LogP contribution < -0.4 is 19.6 Å². The van der Waals surface area contributed by atoms with E-state index in [1.165, 1.54) is 12.1 Å². The van der Waals surface area contributed by atoms with Gasteiger partial charge in [0.2, 0.25) is 12.0 Å². The number of aliphatic hydroxyl groups excluding tert-OH is 3. The molecule has 2 heterocycles. The van der Waals surface area contributed by atoms with Crippen LogP contribution in [0, 0.1) is 0 Å². The number of aromatic hydroxyl groups is 1. The summed E-state index contributed by atoms with van der Waals surface area (Å²) < 4.78 is 27.5. The second kappa shape index (κ2) is 10.6. The van der Waals surface area contributed by atoms with Gasteiger partial charge in [-0.3, -0.25) is 4.79 Å². The second-order valence-corrected chi connectivity index (χ2v) is 8.14. The molecule has 3 aromatic rings. The molecule has 0 unspecified atom stereocenters. The van der Waals surface area contributed by atoms with Crippen LogP contribution >= 0.6 is 0 Å². The van der Waals surface area contributed by atoms with E-state index in [2.05, 4.69) is 0 Å².